The van der Waals surface area contributed by atoms with Gasteiger partial charge in [0.1, 0.15) is 4.83 Å². The summed E-state index contributed by atoms with van der Waals surface area (Å²) in [4.78, 5) is 31.9. The highest BCUT2D eigenvalue weighted by Gasteiger charge is 2.20. The van der Waals surface area contributed by atoms with E-state index in [9.17, 15) is 9.59 Å². The summed E-state index contributed by atoms with van der Waals surface area (Å²) < 4.78 is 1.58. The van der Waals surface area contributed by atoms with Crippen LogP contribution in [0.1, 0.15) is 40.8 Å². The van der Waals surface area contributed by atoms with Gasteiger partial charge in [-0.15, -0.1) is 11.3 Å². The monoisotopic (exact) mass is 381 g/mol. The lowest BCUT2D eigenvalue weighted by Gasteiger charge is -2.11. The smallest absolute Gasteiger partial charge is 0.262 e. The molecular weight excluding hydrogens is 358 g/mol. The highest BCUT2D eigenvalue weighted by molar-refractivity contribution is 7.18. The van der Waals surface area contributed by atoms with Crippen molar-refractivity contribution in [2.24, 2.45) is 0 Å². The number of aromatic nitrogens is 2. The Morgan fingerprint density at radius 1 is 1.26 bits per heavy atom. The molecule has 0 atom stereocenters. The highest BCUT2D eigenvalue weighted by atomic mass is 32.1. The molecule has 2 heterocycles. The molecular formula is C21H23N3O2S. The molecule has 0 spiro atoms. The number of nitrogens with one attached hydrogen (secondary N) is 1. The van der Waals surface area contributed by atoms with E-state index < -0.39 is 0 Å². The number of rotatable bonds is 4. The Bertz CT molecular complexity index is 1080. The van der Waals surface area contributed by atoms with Gasteiger partial charge in [-0.1, -0.05) is 12.1 Å². The zero-order valence-corrected chi connectivity index (χ0v) is 16.5. The molecule has 1 aliphatic rings. The molecule has 0 saturated heterocycles. The minimum atomic E-state index is -0.0944. The van der Waals surface area contributed by atoms with Crippen molar-refractivity contribution >= 4 is 33.1 Å². The number of fused-ring (bicyclic) bond motifs is 3. The van der Waals surface area contributed by atoms with Gasteiger partial charge in [-0.2, -0.15) is 0 Å². The van der Waals surface area contributed by atoms with Crippen LogP contribution in [0.25, 0.3) is 10.2 Å². The van der Waals surface area contributed by atoms with Gasteiger partial charge in [-0.3, -0.25) is 14.2 Å². The summed E-state index contributed by atoms with van der Waals surface area (Å²) in [5, 5.41) is 3.72. The summed E-state index contributed by atoms with van der Waals surface area (Å²) in [6, 6.07) is 5.85. The predicted octanol–water partition coefficient (Wildman–Crippen LogP) is 3.98. The number of benzene rings is 1. The Morgan fingerprint density at radius 3 is 2.93 bits per heavy atom. The summed E-state index contributed by atoms with van der Waals surface area (Å²) in [5.41, 5.74) is 4.21. The first kappa shape index (κ1) is 17.9. The molecule has 1 amide bonds. The van der Waals surface area contributed by atoms with Gasteiger partial charge in [0.25, 0.3) is 5.56 Å². The molecule has 0 saturated carbocycles. The number of carbonyl (C=O) groups is 1. The SMILES string of the molecule is Cc1cccc(NC(=O)CCn2cnc3sc4c(c3c2=O)CCCC4)c1C. The zero-order chi connectivity index (χ0) is 19.0. The van der Waals surface area contributed by atoms with Crippen molar-refractivity contribution in [3.05, 3.63) is 56.4 Å². The van der Waals surface area contributed by atoms with Crippen LogP contribution in [0.5, 0.6) is 0 Å². The average molecular weight is 382 g/mol. The Labute approximate surface area is 162 Å². The molecule has 5 nitrogen and oxygen atoms in total. The van der Waals surface area contributed by atoms with Crippen molar-refractivity contribution in [3.63, 3.8) is 0 Å². The van der Waals surface area contributed by atoms with E-state index in [1.807, 2.05) is 32.0 Å². The predicted molar refractivity (Wildman–Crippen MR) is 110 cm³/mol. The first-order valence-electron chi connectivity index (χ1n) is 9.40. The van der Waals surface area contributed by atoms with Gasteiger partial charge in [0.05, 0.1) is 11.7 Å². The van der Waals surface area contributed by atoms with Crippen molar-refractivity contribution in [2.45, 2.75) is 52.5 Å². The van der Waals surface area contributed by atoms with Gasteiger partial charge in [0.15, 0.2) is 0 Å². The van der Waals surface area contributed by atoms with Crippen molar-refractivity contribution in [1.29, 1.82) is 0 Å². The van der Waals surface area contributed by atoms with Gasteiger partial charge in [-0.05, 0) is 62.3 Å². The van der Waals surface area contributed by atoms with Crippen LogP contribution in [0, 0.1) is 13.8 Å². The first-order chi connectivity index (χ1) is 13.0. The van der Waals surface area contributed by atoms with Crippen molar-refractivity contribution < 1.29 is 4.79 Å². The standard InChI is InChI=1S/C21H23N3O2S/c1-13-6-5-8-16(14(13)2)23-18(25)10-11-24-12-22-20-19(21(24)26)15-7-3-4-9-17(15)27-20/h5-6,8,12H,3-4,7,9-11H2,1-2H3,(H,23,25). The molecule has 0 radical (unpaired) electrons. The molecule has 6 heteroatoms. The minimum Gasteiger partial charge on any atom is -0.326 e. The molecule has 3 aromatic rings. The molecule has 1 aromatic carbocycles. The van der Waals surface area contributed by atoms with E-state index in [0.717, 1.165) is 46.3 Å². The van der Waals surface area contributed by atoms with Crippen LogP contribution in [0.4, 0.5) is 5.69 Å². The minimum absolute atomic E-state index is 0.0149. The third-order valence-electron chi connectivity index (χ3n) is 5.40. The van der Waals surface area contributed by atoms with Gasteiger partial charge >= 0.3 is 0 Å². The van der Waals surface area contributed by atoms with E-state index in [-0.39, 0.29) is 17.9 Å². The fourth-order valence-corrected chi connectivity index (χ4v) is 4.88. The second-order valence-corrected chi connectivity index (χ2v) is 8.26. The van der Waals surface area contributed by atoms with Gasteiger partial charge in [0, 0.05) is 23.5 Å². The van der Waals surface area contributed by atoms with Crippen LogP contribution < -0.4 is 10.9 Å². The molecule has 1 N–H and O–H groups in total. The Hall–Kier alpha value is -2.47. The second kappa shape index (κ2) is 7.27. The van der Waals surface area contributed by atoms with Gasteiger partial charge < -0.3 is 5.32 Å². The van der Waals surface area contributed by atoms with Gasteiger partial charge in [-0.25, -0.2) is 4.98 Å². The molecule has 0 fully saturated rings. The molecule has 1 aliphatic carbocycles. The summed E-state index contributed by atoms with van der Waals surface area (Å²) in [6.07, 6.45) is 6.15. The van der Waals surface area contributed by atoms with E-state index in [2.05, 4.69) is 10.3 Å². The number of hydrogen-bond donors (Lipinski definition) is 1. The van der Waals surface area contributed by atoms with Crippen molar-refractivity contribution in [1.82, 2.24) is 9.55 Å². The normalized spacial score (nSPS) is 13.6. The maximum Gasteiger partial charge on any atom is 0.262 e. The van der Waals surface area contributed by atoms with Crippen LogP contribution in [0.2, 0.25) is 0 Å². The summed E-state index contributed by atoms with van der Waals surface area (Å²) in [5.74, 6) is -0.0944. The van der Waals surface area contributed by atoms with Crippen LogP contribution in [-0.4, -0.2) is 15.5 Å². The van der Waals surface area contributed by atoms with E-state index >= 15 is 0 Å². The Kier molecular flexibility index (Phi) is 4.83. The number of thiophene rings is 1. The summed E-state index contributed by atoms with van der Waals surface area (Å²) in [6.45, 7) is 4.35. The molecule has 0 bridgehead atoms. The number of anilines is 1. The van der Waals surface area contributed by atoms with Crippen LogP contribution in [0.15, 0.2) is 29.3 Å². The van der Waals surface area contributed by atoms with E-state index in [4.69, 9.17) is 0 Å². The van der Waals surface area contributed by atoms with Crippen molar-refractivity contribution in [3.8, 4) is 0 Å². The lowest BCUT2D eigenvalue weighted by molar-refractivity contribution is -0.116. The quantitative estimate of drug-likeness (QED) is 0.743. The van der Waals surface area contributed by atoms with E-state index in [0.29, 0.717) is 6.54 Å². The average Bonchev–Trinajstić information content (AvgIpc) is 3.04. The zero-order valence-electron chi connectivity index (χ0n) is 15.7. The molecule has 140 valence electrons. The lowest BCUT2D eigenvalue weighted by Crippen LogP contribution is -2.24. The summed E-state index contributed by atoms with van der Waals surface area (Å²) in [7, 11) is 0. The molecule has 0 aliphatic heterocycles. The topological polar surface area (TPSA) is 64.0 Å². The Morgan fingerprint density at radius 2 is 2.07 bits per heavy atom. The number of aryl methyl sites for hydroxylation is 4. The molecule has 2 aromatic heterocycles. The van der Waals surface area contributed by atoms with Crippen LogP contribution >= 0.6 is 11.3 Å². The summed E-state index contributed by atoms with van der Waals surface area (Å²) >= 11 is 1.65. The number of carbonyl (C=O) groups excluding carboxylic acids is 1. The fourth-order valence-electron chi connectivity index (χ4n) is 3.66. The number of hydrogen-bond acceptors (Lipinski definition) is 4. The lowest BCUT2D eigenvalue weighted by atomic mass is 9.97. The number of nitrogens with zero attached hydrogens (tertiary/aromatic N) is 2. The molecule has 4 rings (SSSR count). The second-order valence-electron chi connectivity index (χ2n) is 7.18. The fraction of sp³-hybridized carbons (Fsp3) is 0.381. The third kappa shape index (κ3) is 3.41. The first-order valence-corrected chi connectivity index (χ1v) is 10.2. The molecule has 0 unspecified atom stereocenters. The van der Waals surface area contributed by atoms with E-state index in [1.54, 1.807) is 22.2 Å². The maximum atomic E-state index is 12.9. The largest absolute Gasteiger partial charge is 0.326 e. The Balaban J connectivity index is 1.52. The molecule has 27 heavy (non-hydrogen) atoms. The van der Waals surface area contributed by atoms with Crippen LogP contribution in [0.3, 0.4) is 0 Å². The van der Waals surface area contributed by atoms with Crippen molar-refractivity contribution in [2.75, 3.05) is 5.32 Å². The maximum absolute atomic E-state index is 12.9. The highest BCUT2D eigenvalue weighted by Crippen LogP contribution is 2.33. The van der Waals surface area contributed by atoms with E-state index in [1.165, 1.54) is 16.9 Å². The third-order valence-corrected chi connectivity index (χ3v) is 6.60. The van der Waals surface area contributed by atoms with Gasteiger partial charge in [0.2, 0.25) is 5.91 Å². The number of amides is 1. The van der Waals surface area contributed by atoms with Crippen LogP contribution in [-0.2, 0) is 24.2 Å².